The predicted octanol–water partition coefficient (Wildman–Crippen LogP) is 3.71. The number of rotatable bonds is 2. The number of nitrogens with one attached hydrogen (secondary N) is 1. The number of benzene rings is 1. The fourth-order valence-corrected chi connectivity index (χ4v) is 4.27. The van der Waals surface area contributed by atoms with Gasteiger partial charge in [0.25, 0.3) is 0 Å². The molecule has 0 spiro atoms. The molecule has 1 aliphatic heterocycles. The lowest BCUT2D eigenvalue weighted by Gasteiger charge is -2.38. The third-order valence-corrected chi connectivity index (χ3v) is 5.73. The Morgan fingerprint density at radius 3 is 2.60 bits per heavy atom. The number of hydrogen-bond acceptors (Lipinski definition) is 2. The van der Waals surface area contributed by atoms with E-state index < -0.39 is 0 Å². The molecule has 20 heavy (non-hydrogen) atoms. The van der Waals surface area contributed by atoms with Crippen LogP contribution in [0, 0.1) is 5.92 Å². The first kappa shape index (κ1) is 12.7. The first-order valence-electron chi connectivity index (χ1n) is 8.36. The van der Waals surface area contributed by atoms with Crippen molar-refractivity contribution in [3.8, 4) is 0 Å². The van der Waals surface area contributed by atoms with Crippen LogP contribution in [0.5, 0.6) is 0 Å². The van der Waals surface area contributed by atoms with Crippen molar-refractivity contribution < 1.29 is 0 Å². The second-order valence-electron chi connectivity index (χ2n) is 7.24. The molecule has 0 saturated heterocycles. The molecule has 1 unspecified atom stereocenters. The van der Waals surface area contributed by atoms with Crippen molar-refractivity contribution >= 4 is 5.69 Å². The van der Waals surface area contributed by atoms with Crippen LogP contribution in [0.1, 0.15) is 51.0 Å². The van der Waals surface area contributed by atoms with Crippen molar-refractivity contribution in [1.29, 1.82) is 0 Å². The Morgan fingerprint density at radius 2 is 1.85 bits per heavy atom. The summed E-state index contributed by atoms with van der Waals surface area (Å²) in [5.74, 6) is 0.890. The van der Waals surface area contributed by atoms with Gasteiger partial charge in [-0.1, -0.05) is 31.0 Å². The fraction of sp³-hybridized carbons (Fsp3) is 0.667. The van der Waals surface area contributed by atoms with Crippen LogP contribution in [0.2, 0.25) is 0 Å². The molecule has 2 heteroatoms. The van der Waals surface area contributed by atoms with Gasteiger partial charge in [0, 0.05) is 30.4 Å². The van der Waals surface area contributed by atoms with Gasteiger partial charge in [-0.05, 0) is 50.2 Å². The fourth-order valence-electron chi connectivity index (χ4n) is 4.27. The molecule has 2 saturated carbocycles. The van der Waals surface area contributed by atoms with Gasteiger partial charge in [-0.15, -0.1) is 0 Å². The summed E-state index contributed by atoms with van der Waals surface area (Å²) in [5.41, 5.74) is 3.29. The van der Waals surface area contributed by atoms with Crippen molar-refractivity contribution in [3.05, 3.63) is 29.8 Å². The maximum Gasteiger partial charge on any atom is 0.0414 e. The average molecular weight is 270 g/mol. The van der Waals surface area contributed by atoms with E-state index in [0.717, 1.165) is 18.5 Å². The summed E-state index contributed by atoms with van der Waals surface area (Å²) in [5, 5.41) is 3.89. The van der Waals surface area contributed by atoms with Gasteiger partial charge in [-0.2, -0.15) is 0 Å². The van der Waals surface area contributed by atoms with Gasteiger partial charge in [0.2, 0.25) is 0 Å². The standard InChI is InChI=1S/C18H26N2/c1-18(15-10-11-15)13-20(16-7-3-4-8-16)17-9-5-2-6-14(17)12-19-18/h2,5-6,9,15-16,19H,3-4,7-8,10-13H2,1H3. The van der Waals surface area contributed by atoms with E-state index in [2.05, 4.69) is 41.4 Å². The van der Waals surface area contributed by atoms with E-state index >= 15 is 0 Å². The number of fused-ring (bicyclic) bond motifs is 1. The highest BCUT2D eigenvalue weighted by Gasteiger charge is 2.44. The van der Waals surface area contributed by atoms with E-state index in [1.807, 2.05) is 0 Å². The summed E-state index contributed by atoms with van der Waals surface area (Å²) in [6, 6.07) is 9.82. The van der Waals surface area contributed by atoms with Crippen LogP contribution in [0.15, 0.2) is 24.3 Å². The van der Waals surface area contributed by atoms with E-state index in [4.69, 9.17) is 0 Å². The molecule has 4 rings (SSSR count). The molecule has 2 nitrogen and oxygen atoms in total. The van der Waals surface area contributed by atoms with Gasteiger partial charge in [0.15, 0.2) is 0 Å². The minimum Gasteiger partial charge on any atom is -0.366 e. The number of anilines is 1. The normalized spacial score (nSPS) is 31.1. The predicted molar refractivity (Wildman–Crippen MR) is 84.0 cm³/mol. The Kier molecular flexibility index (Phi) is 3.03. The molecule has 2 fully saturated rings. The summed E-state index contributed by atoms with van der Waals surface area (Å²) >= 11 is 0. The molecule has 1 aromatic carbocycles. The van der Waals surface area contributed by atoms with Crippen molar-refractivity contribution in [2.24, 2.45) is 5.92 Å². The molecule has 0 amide bonds. The molecule has 1 N–H and O–H groups in total. The van der Waals surface area contributed by atoms with E-state index in [1.54, 1.807) is 0 Å². The monoisotopic (exact) mass is 270 g/mol. The van der Waals surface area contributed by atoms with Crippen molar-refractivity contribution in [3.63, 3.8) is 0 Å². The first-order chi connectivity index (χ1) is 9.76. The maximum absolute atomic E-state index is 3.89. The molecule has 2 aliphatic carbocycles. The summed E-state index contributed by atoms with van der Waals surface area (Å²) in [7, 11) is 0. The molecule has 3 aliphatic rings. The Morgan fingerprint density at radius 1 is 1.10 bits per heavy atom. The number of nitrogens with zero attached hydrogens (tertiary/aromatic N) is 1. The Bertz CT molecular complexity index is 488. The average Bonchev–Trinajstić information content (AvgIpc) is 3.22. The zero-order chi connectivity index (χ0) is 13.6. The molecular formula is C18H26N2. The highest BCUT2D eigenvalue weighted by atomic mass is 15.2. The van der Waals surface area contributed by atoms with E-state index in [-0.39, 0.29) is 0 Å². The van der Waals surface area contributed by atoms with Crippen LogP contribution in [0.4, 0.5) is 5.69 Å². The van der Waals surface area contributed by atoms with E-state index in [1.165, 1.54) is 56.3 Å². The molecule has 0 radical (unpaired) electrons. The molecule has 0 aromatic heterocycles. The van der Waals surface area contributed by atoms with Crippen LogP contribution in [0.3, 0.4) is 0 Å². The van der Waals surface area contributed by atoms with Crippen LogP contribution >= 0.6 is 0 Å². The molecular weight excluding hydrogens is 244 g/mol. The minimum absolute atomic E-state index is 0.307. The lowest BCUT2D eigenvalue weighted by Crippen LogP contribution is -2.53. The van der Waals surface area contributed by atoms with Gasteiger partial charge < -0.3 is 10.2 Å². The summed E-state index contributed by atoms with van der Waals surface area (Å²) < 4.78 is 0. The zero-order valence-electron chi connectivity index (χ0n) is 12.6. The zero-order valence-corrected chi connectivity index (χ0v) is 12.6. The summed E-state index contributed by atoms with van der Waals surface area (Å²) in [6.45, 7) is 4.68. The minimum atomic E-state index is 0.307. The number of hydrogen-bond donors (Lipinski definition) is 1. The maximum atomic E-state index is 3.89. The topological polar surface area (TPSA) is 15.3 Å². The molecule has 0 bridgehead atoms. The number of para-hydroxylation sites is 1. The second kappa shape index (κ2) is 4.77. The molecule has 108 valence electrons. The summed E-state index contributed by atoms with van der Waals surface area (Å²) in [6.07, 6.45) is 8.43. The third kappa shape index (κ3) is 2.14. The Labute approximate surface area is 122 Å². The highest BCUT2D eigenvalue weighted by molar-refractivity contribution is 5.56. The lowest BCUT2D eigenvalue weighted by molar-refractivity contribution is 0.309. The SMILES string of the molecule is CC1(C2CC2)CN(C2CCCC2)c2ccccc2CN1. The van der Waals surface area contributed by atoms with Crippen LogP contribution in [-0.4, -0.2) is 18.1 Å². The quantitative estimate of drug-likeness (QED) is 0.881. The third-order valence-electron chi connectivity index (χ3n) is 5.73. The van der Waals surface area contributed by atoms with Crippen molar-refractivity contribution in [1.82, 2.24) is 5.32 Å². The summed E-state index contributed by atoms with van der Waals surface area (Å²) in [4.78, 5) is 2.75. The van der Waals surface area contributed by atoms with E-state index in [9.17, 15) is 0 Å². The van der Waals surface area contributed by atoms with Gasteiger partial charge in [-0.3, -0.25) is 0 Å². The van der Waals surface area contributed by atoms with Crippen LogP contribution in [0.25, 0.3) is 0 Å². The Balaban J connectivity index is 1.70. The van der Waals surface area contributed by atoms with Gasteiger partial charge >= 0.3 is 0 Å². The first-order valence-corrected chi connectivity index (χ1v) is 8.36. The highest BCUT2D eigenvalue weighted by Crippen LogP contribution is 2.43. The van der Waals surface area contributed by atoms with Crippen molar-refractivity contribution in [2.75, 3.05) is 11.4 Å². The van der Waals surface area contributed by atoms with Gasteiger partial charge in [0.1, 0.15) is 0 Å². The van der Waals surface area contributed by atoms with Gasteiger partial charge in [0.05, 0.1) is 0 Å². The molecule has 1 heterocycles. The van der Waals surface area contributed by atoms with Crippen LogP contribution in [-0.2, 0) is 6.54 Å². The molecule has 1 atom stereocenters. The van der Waals surface area contributed by atoms with Crippen molar-refractivity contribution in [2.45, 2.75) is 63.6 Å². The largest absolute Gasteiger partial charge is 0.366 e. The molecule has 1 aromatic rings. The van der Waals surface area contributed by atoms with Crippen LogP contribution < -0.4 is 10.2 Å². The van der Waals surface area contributed by atoms with E-state index in [0.29, 0.717) is 5.54 Å². The lowest BCUT2D eigenvalue weighted by atomic mass is 9.94. The second-order valence-corrected chi connectivity index (χ2v) is 7.24. The smallest absolute Gasteiger partial charge is 0.0414 e. The van der Waals surface area contributed by atoms with Gasteiger partial charge in [-0.25, -0.2) is 0 Å². The Hall–Kier alpha value is -1.02.